The molecule has 0 heterocycles. The Morgan fingerprint density at radius 2 is 0.500 bits per heavy atom. The van der Waals surface area contributed by atoms with E-state index in [4.69, 9.17) is 0 Å². The molecule has 4 heteroatoms. The summed E-state index contributed by atoms with van der Waals surface area (Å²) >= 11 is 0. The minimum absolute atomic E-state index is 0. The van der Waals surface area contributed by atoms with Gasteiger partial charge in [-0.15, -0.1) is 0 Å². The zero-order chi connectivity index (χ0) is 0. The van der Waals surface area contributed by atoms with E-state index >= 15 is 0 Å². The fraction of sp³-hybridized carbons (Fsp3) is 0. The fourth-order valence-corrected chi connectivity index (χ4v) is 0. The molecule has 0 atom stereocenters. The van der Waals surface area contributed by atoms with Gasteiger partial charge in [0.25, 0.3) is 0 Å². The monoisotopic (exact) mass is 480 g/mol. The molecule has 4 heavy (non-hydrogen) atoms. The van der Waals surface area contributed by atoms with Crippen LogP contribution in [0.15, 0.2) is 0 Å². The van der Waals surface area contributed by atoms with E-state index in [9.17, 15) is 0 Å². The van der Waals surface area contributed by atoms with E-state index in [0.717, 1.165) is 0 Å². The van der Waals surface area contributed by atoms with Gasteiger partial charge in [-0.1, -0.05) is 0 Å². The van der Waals surface area contributed by atoms with Gasteiger partial charge >= 0.3 is 0 Å². The van der Waals surface area contributed by atoms with E-state index in [0.29, 0.717) is 0 Å². The van der Waals surface area contributed by atoms with E-state index in [1.165, 1.54) is 0 Å². The van der Waals surface area contributed by atoms with Gasteiger partial charge in [0.15, 0.2) is 0 Å². The van der Waals surface area contributed by atoms with Crippen LogP contribution in [0.4, 0.5) is 0 Å². The third-order valence-electron chi connectivity index (χ3n) is 0. The zero-order valence-corrected chi connectivity index (χ0v) is 11.2. The van der Waals surface area contributed by atoms with Gasteiger partial charge in [0.05, 0.1) is 0 Å². The van der Waals surface area contributed by atoms with Crippen LogP contribution in [0.2, 0.25) is 0 Å². The van der Waals surface area contributed by atoms with Crippen LogP contribution in [0.25, 0.3) is 0 Å². The summed E-state index contributed by atoms with van der Waals surface area (Å²) in [5, 5.41) is 0. The summed E-state index contributed by atoms with van der Waals surface area (Å²) in [6.45, 7) is 0. The molecule has 0 spiro atoms. The summed E-state index contributed by atoms with van der Waals surface area (Å²) in [5.41, 5.74) is 0. The van der Waals surface area contributed by atoms with E-state index < -0.39 is 0 Å². The predicted molar refractivity (Wildman–Crippen MR) is 17.3 cm³/mol. The number of hydrogen-bond acceptors (Lipinski definition) is 0. The Morgan fingerprint density at radius 3 is 0.500 bits per heavy atom. The van der Waals surface area contributed by atoms with Crippen molar-refractivity contribution >= 4 is 71.0 Å². The Morgan fingerprint density at radius 1 is 0.500 bits per heavy atom. The summed E-state index contributed by atoms with van der Waals surface area (Å²) in [7, 11) is 0. The second-order valence-electron chi connectivity index (χ2n) is 0. The third-order valence-corrected chi connectivity index (χ3v) is 0. The first kappa shape index (κ1) is 26.8. The molecule has 0 saturated heterocycles. The SMILES string of the molecule is [Te].[Te].[Te].[Zr]. The van der Waals surface area contributed by atoms with Crippen molar-refractivity contribution in [2.75, 3.05) is 0 Å². The molecule has 0 amide bonds. The van der Waals surface area contributed by atoms with Gasteiger partial charge in [-0.25, -0.2) is 0 Å². The Hall–Kier alpha value is 3.25. The van der Waals surface area contributed by atoms with Crippen LogP contribution in [-0.4, -0.2) is 71.0 Å². The summed E-state index contributed by atoms with van der Waals surface area (Å²) in [5.74, 6) is 0. The maximum absolute atomic E-state index is 0. The molecule has 0 aromatic rings. The van der Waals surface area contributed by atoms with Gasteiger partial charge < -0.3 is 0 Å². The van der Waals surface area contributed by atoms with Crippen LogP contribution in [-0.2, 0) is 26.2 Å². The van der Waals surface area contributed by atoms with Crippen LogP contribution < -0.4 is 0 Å². The van der Waals surface area contributed by atoms with Crippen molar-refractivity contribution in [1.29, 1.82) is 0 Å². The Balaban J connectivity index is 0. The molecule has 22 valence electrons. The smallest absolute Gasteiger partial charge is 0 e. The molecule has 0 rings (SSSR count). The summed E-state index contributed by atoms with van der Waals surface area (Å²) < 4.78 is 0. The predicted octanol–water partition coefficient (Wildman–Crippen LogP) is -1.14. The first-order valence-corrected chi connectivity index (χ1v) is 0. The first-order valence-electron chi connectivity index (χ1n) is 0. The maximum atomic E-state index is 0. The van der Waals surface area contributed by atoms with E-state index in [1.54, 1.807) is 0 Å². The summed E-state index contributed by atoms with van der Waals surface area (Å²) in [4.78, 5) is 0. The van der Waals surface area contributed by atoms with Gasteiger partial charge in [-0.05, 0) is 0 Å². The third kappa shape index (κ3) is 8.98. The van der Waals surface area contributed by atoms with Gasteiger partial charge in [-0.3, -0.25) is 0 Å². The molecule has 0 fully saturated rings. The van der Waals surface area contributed by atoms with Crippen molar-refractivity contribution in [3.05, 3.63) is 0 Å². The van der Waals surface area contributed by atoms with E-state index in [1.807, 2.05) is 0 Å². The van der Waals surface area contributed by atoms with Gasteiger partial charge in [0.2, 0.25) is 0 Å². The molecule has 0 bridgehead atoms. The fourth-order valence-electron chi connectivity index (χ4n) is 0. The molecule has 6 radical (unpaired) electrons. The average molecular weight is 474 g/mol. The molecular weight excluding hydrogens is 474 g/mol. The Bertz CT molecular complexity index is 3.25. The van der Waals surface area contributed by atoms with E-state index in [-0.39, 0.29) is 97.2 Å². The minimum atomic E-state index is 0. The first-order chi connectivity index (χ1) is 0. The molecule has 0 aliphatic rings. The molecule has 0 nitrogen and oxygen atoms in total. The quantitative estimate of drug-likeness (QED) is 0.390. The van der Waals surface area contributed by atoms with Crippen molar-refractivity contribution in [2.24, 2.45) is 0 Å². The normalized spacial score (nSPS) is 0. The van der Waals surface area contributed by atoms with Gasteiger partial charge in [0.1, 0.15) is 0 Å². The maximum Gasteiger partial charge on any atom is 0 e. The standard InChI is InChI=1S/3Te.Zr. The van der Waals surface area contributed by atoms with Crippen LogP contribution in [0.1, 0.15) is 0 Å². The van der Waals surface area contributed by atoms with Crippen molar-refractivity contribution in [3.63, 3.8) is 0 Å². The second kappa shape index (κ2) is 16.3. The average Bonchev–Trinajstić information content (AvgIpc) is 0. The molecule has 0 unspecified atom stereocenters. The summed E-state index contributed by atoms with van der Waals surface area (Å²) in [6.07, 6.45) is 0. The Kier molecular flexibility index (Phi) is 109. The molecule has 0 aromatic carbocycles. The molecule has 0 aliphatic heterocycles. The van der Waals surface area contributed by atoms with Crippen LogP contribution in [0.3, 0.4) is 0 Å². The van der Waals surface area contributed by atoms with Crippen LogP contribution >= 0.6 is 0 Å². The zero-order valence-electron chi connectivity index (χ0n) is 1.72. The number of hydrogen-bond donors (Lipinski definition) is 0. The molecule has 0 aliphatic carbocycles. The number of rotatable bonds is 0. The van der Waals surface area contributed by atoms with Crippen molar-refractivity contribution in [2.45, 2.75) is 0 Å². The van der Waals surface area contributed by atoms with Crippen LogP contribution in [0, 0.1) is 0 Å². The van der Waals surface area contributed by atoms with Gasteiger partial charge in [0, 0.05) is 97.2 Å². The second-order valence-corrected chi connectivity index (χ2v) is 0. The topological polar surface area (TPSA) is 0 Å². The van der Waals surface area contributed by atoms with Crippen molar-refractivity contribution in [1.82, 2.24) is 0 Å². The largest absolute Gasteiger partial charge is 0 e. The molecular formula is Te3Zr. The molecule has 0 aromatic heterocycles. The van der Waals surface area contributed by atoms with Gasteiger partial charge in [-0.2, -0.15) is 0 Å². The van der Waals surface area contributed by atoms with E-state index in [2.05, 4.69) is 0 Å². The van der Waals surface area contributed by atoms with Crippen LogP contribution in [0.5, 0.6) is 0 Å². The Labute approximate surface area is 95.2 Å². The molecule has 0 N–H and O–H groups in total. The van der Waals surface area contributed by atoms with Crippen molar-refractivity contribution in [3.8, 4) is 0 Å². The summed E-state index contributed by atoms with van der Waals surface area (Å²) in [6, 6.07) is 0. The van der Waals surface area contributed by atoms with Crippen molar-refractivity contribution < 1.29 is 26.2 Å². The minimum Gasteiger partial charge on any atom is 0 e. The molecule has 0 saturated carbocycles.